The Morgan fingerprint density at radius 1 is 1.50 bits per heavy atom. The van der Waals surface area contributed by atoms with Crippen LogP contribution in [0.15, 0.2) is 0 Å². The van der Waals surface area contributed by atoms with Gasteiger partial charge < -0.3 is 15.5 Å². The zero-order valence-electron chi connectivity index (χ0n) is 6.91. The molecule has 0 bridgehead atoms. The molecule has 0 heterocycles. The highest BCUT2D eigenvalue weighted by molar-refractivity contribution is 5.83. The monoisotopic (exact) mass is 175 g/mol. The van der Waals surface area contributed by atoms with Crippen LogP contribution in [0.2, 0.25) is 0 Å². The second-order valence-electron chi connectivity index (χ2n) is 2.32. The summed E-state index contributed by atoms with van der Waals surface area (Å²) < 4.78 is 0. The Morgan fingerprint density at radius 2 is 2.08 bits per heavy atom. The van der Waals surface area contributed by atoms with Gasteiger partial charge in [-0.25, -0.2) is 4.79 Å². The van der Waals surface area contributed by atoms with E-state index in [2.05, 4.69) is 5.32 Å². The van der Waals surface area contributed by atoms with E-state index in [1.807, 2.05) is 0 Å². The average molecular weight is 175 g/mol. The molecule has 0 aliphatic rings. The number of aliphatic hydroxyl groups is 1. The largest absolute Gasteiger partial charge is 0.480 e. The Hall–Kier alpha value is -1.10. The number of carbonyl (C=O) groups excluding carboxylic acids is 1. The summed E-state index contributed by atoms with van der Waals surface area (Å²) in [6.45, 7) is 1.38. The van der Waals surface area contributed by atoms with Crippen LogP contribution in [0.25, 0.3) is 0 Å². The minimum Gasteiger partial charge on any atom is -0.480 e. The van der Waals surface area contributed by atoms with Crippen molar-refractivity contribution in [1.82, 2.24) is 5.32 Å². The number of hydrogen-bond donors (Lipinski definition) is 3. The van der Waals surface area contributed by atoms with Gasteiger partial charge in [-0.15, -0.1) is 0 Å². The third kappa shape index (κ3) is 3.92. The minimum absolute atomic E-state index is 0.0427. The molecule has 0 aromatic rings. The quantitative estimate of drug-likeness (QED) is 0.518. The Balaban J connectivity index is 3.95. The van der Waals surface area contributed by atoms with Crippen molar-refractivity contribution >= 4 is 11.9 Å². The highest BCUT2D eigenvalue weighted by Gasteiger charge is 2.17. The summed E-state index contributed by atoms with van der Waals surface area (Å²) in [6.07, 6.45) is 0.288. The first-order valence-corrected chi connectivity index (χ1v) is 3.74. The van der Waals surface area contributed by atoms with Crippen LogP contribution in [0, 0.1) is 0 Å². The first-order chi connectivity index (χ1) is 5.61. The van der Waals surface area contributed by atoms with E-state index in [0.717, 1.165) is 0 Å². The number of rotatable bonds is 5. The van der Waals surface area contributed by atoms with Gasteiger partial charge in [0, 0.05) is 19.4 Å². The molecule has 0 spiro atoms. The highest BCUT2D eigenvalue weighted by Crippen LogP contribution is 1.92. The summed E-state index contributed by atoms with van der Waals surface area (Å²) in [5.41, 5.74) is 0. The number of amides is 1. The molecule has 0 saturated heterocycles. The van der Waals surface area contributed by atoms with Crippen molar-refractivity contribution in [3.05, 3.63) is 0 Å². The summed E-state index contributed by atoms with van der Waals surface area (Å²) in [5.74, 6) is -1.44. The smallest absolute Gasteiger partial charge is 0.326 e. The second kappa shape index (κ2) is 5.54. The maximum Gasteiger partial charge on any atom is 0.326 e. The van der Waals surface area contributed by atoms with Gasteiger partial charge >= 0.3 is 5.97 Å². The van der Waals surface area contributed by atoms with E-state index in [9.17, 15) is 9.59 Å². The normalized spacial score (nSPS) is 12.2. The van der Waals surface area contributed by atoms with Crippen LogP contribution >= 0.6 is 0 Å². The minimum atomic E-state index is -1.12. The number of aliphatic carboxylic acids is 1. The zero-order chi connectivity index (χ0) is 9.56. The van der Waals surface area contributed by atoms with Crippen LogP contribution in [0.5, 0.6) is 0 Å². The molecule has 0 fully saturated rings. The third-order valence-corrected chi connectivity index (χ3v) is 1.37. The highest BCUT2D eigenvalue weighted by atomic mass is 16.4. The maximum atomic E-state index is 10.7. The molecule has 70 valence electrons. The molecule has 0 unspecified atom stereocenters. The van der Waals surface area contributed by atoms with Gasteiger partial charge in [-0.05, 0) is 0 Å². The molecule has 0 saturated carbocycles. The number of nitrogens with one attached hydrogen (secondary N) is 1. The molecule has 0 aliphatic heterocycles. The van der Waals surface area contributed by atoms with Crippen LogP contribution in [0.3, 0.4) is 0 Å². The van der Waals surface area contributed by atoms with E-state index in [1.165, 1.54) is 0 Å². The summed E-state index contributed by atoms with van der Waals surface area (Å²) >= 11 is 0. The van der Waals surface area contributed by atoms with Gasteiger partial charge in [0.2, 0.25) is 5.91 Å². The Morgan fingerprint density at radius 3 is 2.42 bits per heavy atom. The molecule has 5 nitrogen and oxygen atoms in total. The van der Waals surface area contributed by atoms with E-state index in [1.54, 1.807) is 6.92 Å². The molecule has 0 rings (SSSR count). The molecule has 12 heavy (non-hydrogen) atoms. The van der Waals surface area contributed by atoms with Crippen molar-refractivity contribution in [1.29, 1.82) is 0 Å². The zero-order valence-corrected chi connectivity index (χ0v) is 6.91. The van der Waals surface area contributed by atoms with Crippen LogP contribution in [-0.4, -0.2) is 34.7 Å². The molecule has 0 radical (unpaired) electrons. The SMILES string of the molecule is CCC(=O)N[C@@H](CCO)C(=O)O. The molecule has 3 N–H and O–H groups in total. The van der Waals surface area contributed by atoms with Crippen molar-refractivity contribution in [2.75, 3.05) is 6.61 Å². The van der Waals surface area contributed by atoms with Crippen LogP contribution in [-0.2, 0) is 9.59 Å². The van der Waals surface area contributed by atoms with Gasteiger partial charge in [-0.3, -0.25) is 4.79 Å². The maximum absolute atomic E-state index is 10.7. The number of carbonyl (C=O) groups is 2. The number of carboxylic acid groups (broad SMARTS) is 1. The van der Waals surface area contributed by atoms with E-state index in [4.69, 9.17) is 10.2 Å². The topological polar surface area (TPSA) is 86.6 Å². The molecule has 1 amide bonds. The number of hydrogen-bond acceptors (Lipinski definition) is 3. The lowest BCUT2D eigenvalue weighted by molar-refractivity contribution is -0.142. The molecule has 0 aliphatic carbocycles. The predicted molar refractivity (Wildman–Crippen MR) is 41.6 cm³/mol. The molecular formula is C7H13NO4. The Bertz CT molecular complexity index is 167. The molecule has 5 heteroatoms. The van der Waals surface area contributed by atoms with E-state index >= 15 is 0 Å². The summed E-state index contributed by atoms with van der Waals surface area (Å²) in [5, 5.41) is 19.2. The first-order valence-electron chi connectivity index (χ1n) is 3.74. The fraction of sp³-hybridized carbons (Fsp3) is 0.714. The van der Waals surface area contributed by atoms with Crippen molar-refractivity contribution in [3.8, 4) is 0 Å². The average Bonchev–Trinajstić information content (AvgIpc) is 2.03. The van der Waals surface area contributed by atoms with Crippen LogP contribution in [0.1, 0.15) is 19.8 Å². The summed E-state index contributed by atoms with van der Waals surface area (Å²) in [4.78, 5) is 21.2. The molecule has 0 aromatic heterocycles. The van der Waals surface area contributed by atoms with E-state index in [-0.39, 0.29) is 25.4 Å². The third-order valence-electron chi connectivity index (χ3n) is 1.37. The van der Waals surface area contributed by atoms with E-state index < -0.39 is 12.0 Å². The number of carboxylic acids is 1. The number of aliphatic hydroxyl groups excluding tert-OH is 1. The van der Waals surface area contributed by atoms with Crippen LogP contribution in [0.4, 0.5) is 0 Å². The fourth-order valence-corrected chi connectivity index (χ4v) is 0.683. The standard InChI is InChI=1S/C7H13NO4/c1-2-6(10)8-5(3-4-9)7(11)12/h5,9H,2-4H2,1H3,(H,8,10)(H,11,12)/t5-/m0/s1. The van der Waals surface area contributed by atoms with Crippen molar-refractivity contribution in [2.24, 2.45) is 0 Å². The first kappa shape index (κ1) is 10.9. The Labute approximate surface area is 70.4 Å². The van der Waals surface area contributed by atoms with Crippen molar-refractivity contribution in [3.63, 3.8) is 0 Å². The lowest BCUT2D eigenvalue weighted by Crippen LogP contribution is -2.41. The lowest BCUT2D eigenvalue weighted by Gasteiger charge is -2.11. The van der Waals surface area contributed by atoms with Gasteiger partial charge in [-0.2, -0.15) is 0 Å². The second-order valence-corrected chi connectivity index (χ2v) is 2.32. The summed E-state index contributed by atoms with van der Waals surface area (Å²) in [6, 6.07) is -0.970. The van der Waals surface area contributed by atoms with Gasteiger partial charge in [-0.1, -0.05) is 6.92 Å². The van der Waals surface area contributed by atoms with Gasteiger partial charge in [0.15, 0.2) is 0 Å². The molecule has 1 atom stereocenters. The van der Waals surface area contributed by atoms with Crippen molar-refractivity contribution in [2.45, 2.75) is 25.8 Å². The van der Waals surface area contributed by atoms with E-state index in [0.29, 0.717) is 0 Å². The van der Waals surface area contributed by atoms with Gasteiger partial charge in [0.25, 0.3) is 0 Å². The van der Waals surface area contributed by atoms with Gasteiger partial charge in [0.1, 0.15) is 6.04 Å². The summed E-state index contributed by atoms with van der Waals surface area (Å²) in [7, 11) is 0. The molecular weight excluding hydrogens is 162 g/mol. The van der Waals surface area contributed by atoms with Crippen LogP contribution < -0.4 is 5.32 Å². The lowest BCUT2D eigenvalue weighted by atomic mass is 10.2. The Kier molecular flexibility index (Phi) is 5.03. The van der Waals surface area contributed by atoms with Crippen molar-refractivity contribution < 1.29 is 19.8 Å². The predicted octanol–water partition coefficient (Wildman–Crippen LogP) is -0.652. The van der Waals surface area contributed by atoms with Gasteiger partial charge in [0.05, 0.1) is 0 Å². The fourth-order valence-electron chi connectivity index (χ4n) is 0.683. The molecule has 0 aromatic carbocycles.